The van der Waals surface area contributed by atoms with Crippen LogP contribution in [-0.4, -0.2) is 18.5 Å². The van der Waals surface area contributed by atoms with E-state index in [1.165, 1.54) is 0 Å². The molecule has 0 rings (SSSR count). The molecule has 0 aromatic carbocycles. The number of rotatable bonds is 5. The van der Waals surface area contributed by atoms with Gasteiger partial charge in [0.15, 0.2) is 0 Å². The molecule has 1 amide bonds. The molecule has 0 heterocycles. The number of terminal acetylenes is 1. The van der Waals surface area contributed by atoms with E-state index in [9.17, 15) is 4.79 Å². The van der Waals surface area contributed by atoms with Crippen molar-refractivity contribution in [3.05, 3.63) is 0 Å². The standard InChI is InChI=1S/C9H16N2O/c1-3-8(4-2)11-9(12)6-5-7-10/h1,8H,4-7,10H2,2H3,(H,11,12). The van der Waals surface area contributed by atoms with E-state index in [-0.39, 0.29) is 11.9 Å². The third-order valence-electron chi connectivity index (χ3n) is 1.55. The highest BCUT2D eigenvalue weighted by atomic mass is 16.1. The lowest BCUT2D eigenvalue weighted by atomic mass is 10.2. The Hall–Kier alpha value is -1.01. The number of nitrogens with two attached hydrogens (primary N) is 1. The molecule has 0 fully saturated rings. The van der Waals surface area contributed by atoms with Crippen LogP contribution in [-0.2, 0) is 4.79 Å². The number of nitrogens with one attached hydrogen (secondary N) is 1. The van der Waals surface area contributed by atoms with Gasteiger partial charge in [0.25, 0.3) is 0 Å². The molecule has 0 saturated heterocycles. The van der Waals surface area contributed by atoms with Gasteiger partial charge in [-0.2, -0.15) is 0 Å². The Kier molecular flexibility index (Phi) is 6.12. The summed E-state index contributed by atoms with van der Waals surface area (Å²) in [6, 6.07) is -0.129. The summed E-state index contributed by atoms with van der Waals surface area (Å²) in [6.45, 7) is 2.48. The van der Waals surface area contributed by atoms with Crippen LogP contribution < -0.4 is 11.1 Å². The molecule has 0 radical (unpaired) electrons. The summed E-state index contributed by atoms with van der Waals surface area (Å²) in [5, 5.41) is 2.72. The Morgan fingerprint density at radius 1 is 1.75 bits per heavy atom. The molecular weight excluding hydrogens is 152 g/mol. The van der Waals surface area contributed by atoms with Gasteiger partial charge < -0.3 is 11.1 Å². The third-order valence-corrected chi connectivity index (χ3v) is 1.55. The number of carbonyl (C=O) groups is 1. The fraction of sp³-hybridized carbons (Fsp3) is 0.667. The van der Waals surface area contributed by atoms with Crippen molar-refractivity contribution in [3.8, 4) is 12.3 Å². The minimum Gasteiger partial charge on any atom is -0.342 e. The zero-order chi connectivity index (χ0) is 9.40. The van der Waals surface area contributed by atoms with Crippen LogP contribution >= 0.6 is 0 Å². The Balaban J connectivity index is 3.61. The second kappa shape index (κ2) is 6.68. The molecule has 0 aliphatic heterocycles. The van der Waals surface area contributed by atoms with Crippen molar-refractivity contribution in [1.29, 1.82) is 0 Å². The minimum absolute atomic E-state index is 0.00903. The summed E-state index contributed by atoms with van der Waals surface area (Å²) in [5.74, 6) is 2.49. The highest BCUT2D eigenvalue weighted by Crippen LogP contribution is 1.91. The van der Waals surface area contributed by atoms with Gasteiger partial charge in [0, 0.05) is 6.42 Å². The molecule has 3 nitrogen and oxygen atoms in total. The van der Waals surface area contributed by atoms with Crippen molar-refractivity contribution in [1.82, 2.24) is 5.32 Å². The maximum atomic E-state index is 11.1. The Morgan fingerprint density at radius 3 is 2.83 bits per heavy atom. The summed E-state index contributed by atoms with van der Waals surface area (Å²) in [7, 11) is 0. The number of hydrogen-bond acceptors (Lipinski definition) is 2. The van der Waals surface area contributed by atoms with Crippen molar-refractivity contribution in [2.24, 2.45) is 5.73 Å². The Morgan fingerprint density at radius 2 is 2.42 bits per heavy atom. The molecule has 3 heteroatoms. The van der Waals surface area contributed by atoms with Gasteiger partial charge in [-0.15, -0.1) is 6.42 Å². The van der Waals surface area contributed by atoms with E-state index in [0.717, 1.165) is 6.42 Å². The van der Waals surface area contributed by atoms with Crippen LogP contribution in [0.15, 0.2) is 0 Å². The van der Waals surface area contributed by atoms with Gasteiger partial charge in [-0.25, -0.2) is 0 Å². The lowest BCUT2D eigenvalue weighted by Gasteiger charge is -2.09. The molecule has 3 N–H and O–H groups in total. The quantitative estimate of drug-likeness (QED) is 0.578. The van der Waals surface area contributed by atoms with E-state index < -0.39 is 0 Å². The second-order valence-electron chi connectivity index (χ2n) is 2.59. The zero-order valence-electron chi connectivity index (χ0n) is 7.47. The first kappa shape index (κ1) is 11.0. The zero-order valence-corrected chi connectivity index (χ0v) is 7.47. The van der Waals surface area contributed by atoms with Gasteiger partial charge >= 0.3 is 0 Å². The minimum atomic E-state index is -0.129. The van der Waals surface area contributed by atoms with Gasteiger partial charge in [-0.3, -0.25) is 4.79 Å². The summed E-state index contributed by atoms with van der Waals surface area (Å²) in [6.07, 6.45) is 7.12. The smallest absolute Gasteiger partial charge is 0.221 e. The Bertz CT molecular complexity index is 172. The predicted octanol–water partition coefficient (Wildman–Crippen LogP) is 0.253. The van der Waals surface area contributed by atoms with Crippen LogP contribution in [0.5, 0.6) is 0 Å². The largest absolute Gasteiger partial charge is 0.342 e. The van der Waals surface area contributed by atoms with Crippen LogP contribution in [0.4, 0.5) is 0 Å². The molecular formula is C9H16N2O. The highest BCUT2D eigenvalue weighted by molar-refractivity contribution is 5.76. The van der Waals surface area contributed by atoms with E-state index in [1.807, 2.05) is 6.92 Å². The van der Waals surface area contributed by atoms with Crippen molar-refractivity contribution >= 4 is 5.91 Å². The lowest BCUT2D eigenvalue weighted by Crippen LogP contribution is -2.33. The van der Waals surface area contributed by atoms with Gasteiger partial charge in [-0.1, -0.05) is 12.8 Å². The van der Waals surface area contributed by atoms with Crippen molar-refractivity contribution in [2.75, 3.05) is 6.54 Å². The molecule has 0 spiro atoms. The van der Waals surface area contributed by atoms with E-state index in [2.05, 4.69) is 11.2 Å². The molecule has 1 atom stereocenters. The average Bonchev–Trinajstić information content (AvgIpc) is 2.10. The van der Waals surface area contributed by atoms with Crippen LogP contribution in [0.25, 0.3) is 0 Å². The van der Waals surface area contributed by atoms with Crippen LogP contribution in [0, 0.1) is 12.3 Å². The van der Waals surface area contributed by atoms with E-state index >= 15 is 0 Å². The van der Waals surface area contributed by atoms with E-state index in [4.69, 9.17) is 12.2 Å². The number of hydrogen-bond donors (Lipinski definition) is 2. The SMILES string of the molecule is C#CC(CC)NC(=O)CCCN. The molecule has 0 aromatic heterocycles. The first-order valence-corrected chi connectivity index (χ1v) is 4.20. The molecule has 0 bridgehead atoms. The van der Waals surface area contributed by atoms with Crippen LogP contribution in [0.1, 0.15) is 26.2 Å². The summed E-state index contributed by atoms with van der Waals surface area (Å²) in [4.78, 5) is 11.1. The molecule has 68 valence electrons. The monoisotopic (exact) mass is 168 g/mol. The molecule has 12 heavy (non-hydrogen) atoms. The predicted molar refractivity (Wildman–Crippen MR) is 49.3 cm³/mol. The fourth-order valence-corrected chi connectivity index (χ4v) is 0.791. The molecule has 0 aliphatic carbocycles. The highest BCUT2D eigenvalue weighted by Gasteiger charge is 2.05. The van der Waals surface area contributed by atoms with Crippen molar-refractivity contribution < 1.29 is 4.79 Å². The molecule has 0 saturated carbocycles. The first-order chi connectivity index (χ1) is 5.74. The number of amides is 1. The van der Waals surface area contributed by atoms with Crippen LogP contribution in [0.3, 0.4) is 0 Å². The maximum Gasteiger partial charge on any atom is 0.221 e. The topological polar surface area (TPSA) is 55.1 Å². The van der Waals surface area contributed by atoms with Gasteiger partial charge in [0.05, 0.1) is 6.04 Å². The van der Waals surface area contributed by atoms with Gasteiger partial charge in [0.1, 0.15) is 0 Å². The molecule has 0 aliphatic rings. The van der Waals surface area contributed by atoms with Crippen molar-refractivity contribution in [3.63, 3.8) is 0 Å². The van der Waals surface area contributed by atoms with E-state index in [1.54, 1.807) is 0 Å². The van der Waals surface area contributed by atoms with Crippen LogP contribution in [0.2, 0.25) is 0 Å². The first-order valence-electron chi connectivity index (χ1n) is 4.20. The summed E-state index contributed by atoms with van der Waals surface area (Å²) < 4.78 is 0. The Labute approximate surface area is 73.7 Å². The normalized spacial score (nSPS) is 11.8. The fourth-order valence-electron chi connectivity index (χ4n) is 0.791. The van der Waals surface area contributed by atoms with E-state index in [0.29, 0.717) is 19.4 Å². The lowest BCUT2D eigenvalue weighted by molar-refractivity contribution is -0.121. The van der Waals surface area contributed by atoms with Crippen molar-refractivity contribution in [2.45, 2.75) is 32.2 Å². The number of carbonyl (C=O) groups excluding carboxylic acids is 1. The van der Waals surface area contributed by atoms with Gasteiger partial charge in [0.2, 0.25) is 5.91 Å². The second-order valence-corrected chi connectivity index (χ2v) is 2.59. The maximum absolute atomic E-state index is 11.1. The average molecular weight is 168 g/mol. The molecule has 0 aromatic rings. The molecule has 1 unspecified atom stereocenters. The van der Waals surface area contributed by atoms with Gasteiger partial charge in [-0.05, 0) is 19.4 Å². The third kappa shape index (κ3) is 4.75. The summed E-state index contributed by atoms with van der Waals surface area (Å²) in [5.41, 5.74) is 5.25. The summed E-state index contributed by atoms with van der Waals surface area (Å²) >= 11 is 0.